The van der Waals surface area contributed by atoms with E-state index in [0.29, 0.717) is 12.1 Å². The Bertz CT molecular complexity index is 435. The van der Waals surface area contributed by atoms with Gasteiger partial charge in [-0.25, -0.2) is 8.78 Å². The zero-order valence-electron chi connectivity index (χ0n) is 11.0. The second kappa shape index (κ2) is 6.20. The smallest absolute Gasteiger partial charge is 0.159 e. The molecule has 1 aromatic carbocycles. The second-order valence-corrected chi connectivity index (χ2v) is 6.90. The van der Waals surface area contributed by atoms with E-state index in [1.807, 2.05) is 11.8 Å². The lowest BCUT2D eigenvalue weighted by atomic mass is 10.1. The lowest BCUT2D eigenvalue weighted by Gasteiger charge is -2.24. The quantitative estimate of drug-likeness (QED) is 0.873. The average molecular weight is 287 g/mol. The predicted molar refractivity (Wildman–Crippen MR) is 74.3 cm³/mol. The number of nitrogens with one attached hydrogen (secondary N) is 1. The highest BCUT2D eigenvalue weighted by atomic mass is 32.2. The van der Waals surface area contributed by atoms with Crippen LogP contribution in [-0.2, 0) is 0 Å². The van der Waals surface area contributed by atoms with Gasteiger partial charge in [0.25, 0.3) is 0 Å². The number of aliphatic hydroxyl groups excluding tert-OH is 1. The van der Waals surface area contributed by atoms with Gasteiger partial charge in [-0.3, -0.25) is 0 Å². The molecule has 2 unspecified atom stereocenters. The van der Waals surface area contributed by atoms with Gasteiger partial charge < -0.3 is 10.4 Å². The fourth-order valence-electron chi connectivity index (χ4n) is 2.29. The summed E-state index contributed by atoms with van der Waals surface area (Å²) in [6.45, 7) is 3.38. The molecule has 1 saturated heterocycles. The third kappa shape index (κ3) is 3.91. The van der Waals surface area contributed by atoms with Gasteiger partial charge in [-0.2, -0.15) is 11.8 Å². The Morgan fingerprint density at radius 3 is 2.84 bits per heavy atom. The van der Waals surface area contributed by atoms with E-state index in [2.05, 4.69) is 12.2 Å². The normalized spacial score (nSPS) is 24.6. The standard InChI is InChI=1S/C14H19F2NOS/c1-14(5-2-6-19-14)9-17-8-13(18)10-3-4-11(15)12(16)7-10/h3-4,7,13,17-18H,2,5-6,8-9H2,1H3. The molecule has 2 atom stereocenters. The Hall–Kier alpha value is -0.650. The van der Waals surface area contributed by atoms with Crippen LogP contribution in [0.2, 0.25) is 0 Å². The maximum atomic E-state index is 13.1. The summed E-state index contributed by atoms with van der Waals surface area (Å²) in [5, 5.41) is 13.1. The van der Waals surface area contributed by atoms with Crippen LogP contribution in [0.1, 0.15) is 31.4 Å². The maximum Gasteiger partial charge on any atom is 0.159 e. The van der Waals surface area contributed by atoms with E-state index in [9.17, 15) is 13.9 Å². The van der Waals surface area contributed by atoms with Gasteiger partial charge in [0.05, 0.1) is 6.10 Å². The summed E-state index contributed by atoms with van der Waals surface area (Å²) in [6, 6.07) is 3.51. The van der Waals surface area contributed by atoms with Crippen molar-refractivity contribution in [2.24, 2.45) is 0 Å². The van der Waals surface area contributed by atoms with Crippen LogP contribution in [0, 0.1) is 11.6 Å². The number of halogens is 2. The SMILES string of the molecule is CC1(CNCC(O)c2ccc(F)c(F)c2)CCCS1. The molecule has 0 bridgehead atoms. The lowest BCUT2D eigenvalue weighted by Crippen LogP contribution is -2.35. The van der Waals surface area contributed by atoms with Gasteiger partial charge in [-0.15, -0.1) is 0 Å². The van der Waals surface area contributed by atoms with Crippen LogP contribution in [0.15, 0.2) is 18.2 Å². The molecule has 5 heteroatoms. The third-order valence-electron chi connectivity index (χ3n) is 3.47. The number of hydrogen-bond donors (Lipinski definition) is 2. The van der Waals surface area contributed by atoms with Crippen molar-refractivity contribution in [3.8, 4) is 0 Å². The van der Waals surface area contributed by atoms with Crippen LogP contribution < -0.4 is 5.32 Å². The highest BCUT2D eigenvalue weighted by Gasteiger charge is 2.29. The van der Waals surface area contributed by atoms with Gasteiger partial charge >= 0.3 is 0 Å². The molecular weight excluding hydrogens is 268 g/mol. The fourth-order valence-corrected chi connectivity index (χ4v) is 3.56. The molecule has 0 aromatic heterocycles. The highest BCUT2D eigenvalue weighted by molar-refractivity contribution is 8.00. The third-order valence-corrected chi connectivity index (χ3v) is 5.00. The molecule has 106 valence electrons. The number of hydrogen-bond acceptors (Lipinski definition) is 3. The minimum atomic E-state index is -0.921. The number of rotatable bonds is 5. The van der Waals surface area contributed by atoms with Crippen molar-refractivity contribution in [1.82, 2.24) is 5.32 Å². The molecule has 0 saturated carbocycles. The molecule has 1 aromatic rings. The van der Waals surface area contributed by atoms with Crippen LogP contribution in [0.3, 0.4) is 0 Å². The van der Waals surface area contributed by atoms with Crippen LogP contribution in [0.25, 0.3) is 0 Å². The van der Waals surface area contributed by atoms with E-state index in [0.717, 1.165) is 18.7 Å². The Balaban J connectivity index is 1.83. The molecule has 0 aliphatic carbocycles. The molecule has 2 rings (SSSR count). The van der Waals surface area contributed by atoms with Crippen molar-refractivity contribution >= 4 is 11.8 Å². The van der Waals surface area contributed by atoms with Crippen LogP contribution in [0.4, 0.5) is 8.78 Å². The van der Waals surface area contributed by atoms with E-state index in [1.54, 1.807) is 0 Å². The van der Waals surface area contributed by atoms with Crippen LogP contribution >= 0.6 is 11.8 Å². The second-order valence-electron chi connectivity index (χ2n) is 5.22. The summed E-state index contributed by atoms with van der Waals surface area (Å²) in [7, 11) is 0. The molecule has 0 radical (unpaired) electrons. The van der Waals surface area contributed by atoms with E-state index < -0.39 is 17.7 Å². The molecule has 2 nitrogen and oxygen atoms in total. The molecule has 1 fully saturated rings. The average Bonchev–Trinajstić information content (AvgIpc) is 2.79. The molecule has 0 amide bonds. The minimum absolute atomic E-state index is 0.230. The Morgan fingerprint density at radius 2 is 2.21 bits per heavy atom. The molecule has 1 heterocycles. The first-order valence-corrected chi connectivity index (χ1v) is 7.46. The monoisotopic (exact) mass is 287 g/mol. The first-order valence-electron chi connectivity index (χ1n) is 6.48. The maximum absolute atomic E-state index is 13.1. The van der Waals surface area contributed by atoms with Gasteiger partial charge in [0, 0.05) is 17.8 Å². The molecule has 2 N–H and O–H groups in total. The van der Waals surface area contributed by atoms with Gasteiger partial charge in [0.2, 0.25) is 0 Å². The molecule has 1 aliphatic rings. The first-order chi connectivity index (χ1) is 9.00. The number of aliphatic hydroxyl groups is 1. The number of benzene rings is 1. The minimum Gasteiger partial charge on any atom is -0.387 e. The van der Waals surface area contributed by atoms with Crippen LogP contribution in [0.5, 0.6) is 0 Å². The molecule has 1 aliphatic heterocycles. The summed E-state index contributed by atoms with van der Waals surface area (Å²) in [5.41, 5.74) is 0.399. The van der Waals surface area contributed by atoms with Crippen molar-refractivity contribution in [1.29, 1.82) is 0 Å². The van der Waals surface area contributed by atoms with Gasteiger partial charge in [0.15, 0.2) is 11.6 Å². The van der Waals surface area contributed by atoms with Crippen molar-refractivity contribution in [3.63, 3.8) is 0 Å². The molecule has 0 spiro atoms. The van der Waals surface area contributed by atoms with Gasteiger partial charge in [0.1, 0.15) is 0 Å². The molecular formula is C14H19F2NOS. The summed E-state index contributed by atoms with van der Waals surface area (Å²) >= 11 is 1.94. The largest absolute Gasteiger partial charge is 0.387 e. The summed E-state index contributed by atoms with van der Waals surface area (Å²) in [4.78, 5) is 0. The Labute approximate surface area is 116 Å². The van der Waals surface area contributed by atoms with Crippen molar-refractivity contribution < 1.29 is 13.9 Å². The van der Waals surface area contributed by atoms with E-state index in [1.165, 1.54) is 24.7 Å². The summed E-state index contributed by atoms with van der Waals surface area (Å²) < 4.78 is 26.1. The lowest BCUT2D eigenvalue weighted by molar-refractivity contribution is 0.173. The van der Waals surface area contributed by atoms with E-state index in [4.69, 9.17) is 0 Å². The zero-order chi connectivity index (χ0) is 13.9. The topological polar surface area (TPSA) is 32.3 Å². The van der Waals surface area contributed by atoms with Crippen molar-refractivity contribution in [2.45, 2.75) is 30.6 Å². The van der Waals surface area contributed by atoms with E-state index >= 15 is 0 Å². The van der Waals surface area contributed by atoms with E-state index in [-0.39, 0.29) is 4.75 Å². The first kappa shape index (κ1) is 14.8. The number of thioether (sulfide) groups is 1. The molecule has 19 heavy (non-hydrogen) atoms. The van der Waals surface area contributed by atoms with Gasteiger partial charge in [-0.05, 0) is 43.2 Å². The Kier molecular flexibility index (Phi) is 4.81. The van der Waals surface area contributed by atoms with Gasteiger partial charge in [-0.1, -0.05) is 6.07 Å². The Morgan fingerprint density at radius 1 is 1.42 bits per heavy atom. The fraction of sp³-hybridized carbons (Fsp3) is 0.571. The zero-order valence-corrected chi connectivity index (χ0v) is 11.8. The van der Waals surface area contributed by atoms with Crippen LogP contribution in [-0.4, -0.2) is 28.7 Å². The highest BCUT2D eigenvalue weighted by Crippen LogP contribution is 2.36. The van der Waals surface area contributed by atoms with Crippen molar-refractivity contribution in [3.05, 3.63) is 35.4 Å². The summed E-state index contributed by atoms with van der Waals surface area (Å²) in [5.74, 6) is -0.627. The summed E-state index contributed by atoms with van der Waals surface area (Å²) in [6.07, 6.45) is 1.59. The van der Waals surface area contributed by atoms with Crippen molar-refractivity contribution in [2.75, 3.05) is 18.8 Å². The predicted octanol–water partition coefficient (Wildman–Crippen LogP) is 2.87.